The lowest BCUT2D eigenvalue weighted by molar-refractivity contribution is 0.357. The van der Waals surface area contributed by atoms with Crippen molar-refractivity contribution in [3.05, 3.63) is 10.2 Å². The summed E-state index contributed by atoms with van der Waals surface area (Å²) in [5, 5.41) is 0. The van der Waals surface area contributed by atoms with Crippen molar-refractivity contribution in [2.75, 3.05) is 18.1 Å². The molecule has 1 aromatic rings. The number of sulfonamides is 1. The van der Waals surface area contributed by atoms with Crippen LogP contribution in [-0.4, -0.2) is 50.2 Å². The van der Waals surface area contributed by atoms with E-state index in [1.807, 2.05) is 0 Å². The first kappa shape index (κ1) is 15.2. The zero-order chi connectivity index (χ0) is 14.4. The summed E-state index contributed by atoms with van der Waals surface area (Å²) < 4.78 is 49.4. The molecule has 0 aromatic carbocycles. The third kappa shape index (κ3) is 2.94. The maximum absolute atomic E-state index is 12.5. The zero-order valence-electron chi connectivity index (χ0n) is 10.3. The van der Waals surface area contributed by atoms with E-state index >= 15 is 0 Å². The van der Waals surface area contributed by atoms with Gasteiger partial charge in [0.25, 0.3) is 10.0 Å². The van der Waals surface area contributed by atoms with Crippen LogP contribution >= 0.6 is 22.9 Å². The number of nitrogens with zero attached hydrogens (tertiary/aromatic N) is 2. The van der Waals surface area contributed by atoms with Gasteiger partial charge in [-0.15, -0.1) is 0 Å². The average molecular weight is 345 g/mol. The molecule has 1 saturated heterocycles. The highest BCUT2D eigenvalue weighted by Crippen LogP contribution is 2.31. The summed E-state index contributed by atoms with van der Waals surface area (Å²) in [5.41, 5.74) is 0.343. The molecule has 6 nitrogen and oxygen atoms in total. The molecule has 0 N–H and O–H groups in total. The predicted octanol–water partition coefficient (Wildman–Crippen LogP) is 0.913. The monoisotopic (exact) mass is 344 g/mol. The van der Waals surface area contributed by atoms with E-state index in [4.69, 9.17) is 11.6 Å². The van der Waals surface area contributed by atoms with Crippen molar-refractivity contribution in [2.45, 2.75) is 24.1 Å². The fourth-order valence-corrected chi connectivity index (χ4v) is 7.28. The Labute approximate surface area is 121 Å². The highest BCUT2D eigenvalue weighted by molar-refractivity contribution is 7.93. The molecule has 2 heterocycles. The molecular weight excluding hydrogens is 332 g/mol. The molecule has 2 rings (SSSR count). The van der Waals surface area contributed by atoms with Gasteiger partial charge < -0.3 is 0 Å². The van der Waals surface area contributed by atoms with Crippen LogP contribution in [0.3, 0.4) is 0 Å². The van der Waals surface area contributed by atoms with Gasteiger partial charge >= 0.3 is 0 Å². The van der Waals surface area contributed by atoms with E-state index in [1.54, 1.807) is 13.8 Å². The largest absolute Gasteiger partial charge is 0.254 e. The predicted molar refractivity (Wildman–Crippen MR) is 73.9 cm³/mol. The van der Waals surface area contributed by atoms with Gasteiger partial charge in [0.15, 0.2) is 18.5 Å². The first-order chi connectivity index (χ1) is 8.63. The minimum absolute atomic E-state index is 0.0270. The lowest BCUT2D eigenvalue weighted by atomic mass is 10.4. The van der Waals surface area contributed by atoms with Crippen molar-refractivity contribution in [3.8, 4) is 0 Å². The van der Waals surface area contributed by atoms with E-state index in [9.17, 15) is 16.8 Å². The fourth-order valence-electron chi connectivity index (χ4n) is 2.04. The summed E-state index contributed by atoms with van der Waals surface area (Å²) in [7, 11) is -6.89. The molecule has 108 valence electrons. The first-order valence-electron chi connectivity index (χ1n) is 5.49. The van der Waals surface area contributed by atoms with Gasteiger partial charge in [-0.05, 0) is 13.8 Å². The molecular formula is C9H13ClN2O4S3. The third-order valence-electron chi connectivity index (χ3n) is 2.88. The molecule has 0 aliphatic carbocycles. The maximum Gasteiger partial charge on any atom is 0.254 e. The van der Waals surface area contributed by atoms with Crippen LogP contribution in [0.2, 0.25) is 4.47 Å². The van der Waals surface area contributed by atoms with Gasteiger partial charge in [-0.1, -0.05) is 22.9 Å². The summed E-state index contributed by atoms with van der Waals surface area (Å²) >= 11 is 6.61. The summed E-state index contributed by atoms with van der Waals surface area (Å²) in [6.07, 6.45) is 0. The Morgan fingerprint density at radius 1 is 1.47 bits per heavy atom. The molecule has 1 aliphatic heterocycles. The second-order valence-electron chi connectivity index (χ2n) is 4.42. The molecule has 10 heteroatoms. The van der Waals surface area contributed by atoms with Crippen LogP contribution < -0.4 is 0 Å². The van der Waals surface area contributed by atoms with E-state index < -0.39 is 25.9 Å². The van der Waals surface area contributed by atoms with Crippen LogP contribution in [-0.2, 0) is 19.9 Å². The molecule has 1 aromatic heterocycles. The number of halogens is 1. The summed E-state index contributed by atoms with van der Waals surface area (Å²) in [6, 6.07) is -0.580. The molecule has 0 radical (unpaired) electrons. The van der Waals surface area contributed by atoms with Crippen molar-refractivity contribution >= 4 is 42.8 Å². The number of aromatic nitrogens is 1. The van der Waals surface area contributed by atoms with Crippen LogP contribution in [0.25, 0.3) is 0 Å². The summed E-state index contributed by atoms with van der Waals surface area (Å²) in [6.45, 7) is 3.13. The number of rotatable bonds is 2. The Morgan fingerprint density at radius 2 is 2.11 bits per heavy atom. The second kappa shape index (κ2) is 4.96. The van der Waals surface area contributed by atoms with Gasteiger partial charge in [0.05, 0.1) is 17.2 Å². The van der Waals surface area contributed by atoms with Gasteiger partial charge in [-0.2, -0.15) is 4.31 Å². The van der Waals surface area contributed by atoms with Crippen molar-refractivity contribution < 1.29 is 16.8 Å². The Kier molecular flexibility index (Phi) is 3.96. The fraction of sp³-hybridized carbons (Fsp3) is 0.667. The Morgan fingerprint density at radius 3 is 2.58 bits per heavy atom. The lowest BCUT2D eigenvalue weighted by Gasteiger charge is -2.31. The van der Waals surface area contributed by atoms with E-state index in [1.165, 1.54) is 4.31 Å². The van der Waals surface area contributed by atoms with Crippen LogP contribution in [0, 0.1) is 6.92 Å². The summed E-state index contributed by atoms with van der Waals surface area (Å²) in [5.74, 6) is -0.306. The van der Waals surface area contributed by atoms with E-state index in [0.717, 1.165) is 11.3 Å². The topological polar surface area (TPSA) is 84.4 Å². The third-order valence-corrected chi connectivity index (χ3v) is 8.54. The number of sulfone groups is 1. The molecule has 0 spiro atoms. The van der Waals surface area contributed by atoms with Gasteiger partial charge in [0.1, 0.15) is 0 Å². The van der Waals surface area contributed by atoms with Gasteiger partial charge in [-0.3, -0.25) is 0 Å². The number of hydrogen-bond donors (Lipinski definition) is 0. The van der Waals surface area contributed by atoms with E-state index in [2.05, 4.69) is 4.98 Å². The van der Waals surface area contributed by atoms with Crippen LogP contribution in [0.4, 0.5) is 0 Å². The second-order valence-corrected chi connectivity index (χ2v) is 10.3. The Bertz CT molecular complexity index is 695. The average Bonchev–Trinajstić information content (AvgIpc) is 2.56. The Hall–Kier alpha value is -0.220. The normalized spacial score (nSPS) is 24.5. The Balaban J connectivity index is 2.39. The van der Waals surface area contributed by atoms with Crippen molar-refractivity contribution in [1.29, 1.82) is 0 Å². The van der Waals surface area contributed by atoms with Crippen LogP contribution in [0.5, 0.6) is 0 Å². The number of aryl methyl sites for hydroxylation is 1. The van der Waals surface area contributed by atoms with Gasteiger partial charge in [0.2, 0.25) is 0 Å². The molecule has 1 unspecified atom stereocenters. The highest BCUT2D eigenvalue weighted by Gasteiger charge is 2.38. The first-order valence-corrected chi connectivity index (χ1v) is 9.94. The SMILES string of the molecule is Cc1nc(Cl)sc1S(=O)(=O)N1CCS(=O)(=O)CC1C. The van der Waals surface area contributed by atoms with Gasteiger partial charge in [-0.25, -0.2) is 21.8 Å². The number of hydrogen-bond acceptors (Lipinski definition) is 6. The smallest absolute Gasteiger partial charge is 0.229 e. The highest BCUT2D eigenvalue weighted by atomic mass is 35.5. The molecule has 1 fully saturated rings. The number of thiazole rings is 1. The van der Waals surface area contributed by atoms with Crippen LogP contribution in [0.1, 0.15) is 12.6 Å². The van der Waals surface area contributed by atoms with Gasteiger partial charge in [0, 0.05) is 12.6 Å². The van der Waals surface area contributed by atoms with E-state index in [-0.39, 0.29) is 26.7 Å². The van der Waals surface area contributed by atoms with Crippen molar-refractivity contribution in [1.82, 2.24) is 9.29 Å². The molecule has 19 heavy (non-hydrogen) atoms. The minimum atomic E-state index is -3.73. The zero-order valence-corrected chi connectivity index (χ0v) is 13.5. The quantitative estimate of drug-likeness (QED) is 0.796. The molecule has 0 bridgehead atoms. The van der Waals surface area contributed by atoms with Crippen molar-refractivity contribution in [2.24, 2.45) is 0 Å². The van der Waals surface area contributed by atoms with Crippen LogP contribution in [0.15, 0.2) is 4.21 Å². The molecule has 0 saturated carbocycles. The molecule has 1 aliphatic rings. The molecule has 0 amide bonds. The minimum Gasteiger partial charge on any atom is -0.229 e. The standard InChI is InChI=1S/C9H13ClN2O4S3/c1-6-5-18(13,14)4-3-12(6)19(15,16)8-7(2)11-9(10)17-8/h6H,3-5H2,1-2H3. The molecule has 1 atom stereocenters. The van der Waals surface area contributed by atoms with E-state index in [0.29, 0.717) is 5.69 Å². The maximum atomic E-state index is 12.5. The lowest BCUT2D eigenvalue weighted by Crippen LogP contribution is -2.49. The van der Waals surface area contributed by atoms with Crippen molar-refractivity contribution in [3.63, 3.8) is 0 Å². The summed E-state index contributed by atoms with van der Waals surface area (Å²) in [4.78, 5) is 3.89.